The first kappa shape index (κ1) is 13.6. The minimum atomic E-state index is 0.405. The third kappa shape index (κ3) is 2.88. The van der Waals surface area contributed by atoms with E-state index < -0.39 is 0 Å². The zero-order valence-electron chi connectivity index (χ0n) is 11.8. The molecule has 0 N–H and O–H groups in total. The van der Waals surface area contributed by atoms with Crippen LogP contribution in [-0.4, -0.2) is 32.6 Å². The van der Waals surface area contributed by atoms with Crippen LogP contribution in [0, 0.1) is 6.92 Å². The first-order valence-electron chi connectivity index (χ1n) is 6.93. The molecule has 5 heteroatoms. The van der Waals surface area contributed by atoms with E-state index in [0.717, 1.165) is 18.8 Å². The van der Waals surface area contributed by atoms with E-state index in [4.69, 9.17) is 4.42 Å². The van der Waals surface area contributed by atoms with Crippen LogP contribution >= 0.6 is 11.8 Å². The summed E-state index contributed by atoms with van der Waals surface area (Å²) in [6.45, 7) is 5.91. The molecule has 0 bridgehead atoms. The average Bonchev–Trinajstić information content (AvgIpc) is 2.85. The molecule has 0 saturated carbocycles. The number of hydrogen-bond acceptors (Lipinski definition) is 5. The topological polar surface area (TPSA) is 42.2 Å². The van der Waals surface area contributed by atoms with Crippen molar-refractivity contribution in [2.75, 3.05) is 12.3 Å². The van der Waals surface area contributed by atoms with E-state index in [1.807, 2.05) is 18.7 Å². The van der Waals surface area contributed by atoms with E-state index in [0.29, 0.717) is 23.1 Å². The molecule has 1 saturated heterocycles. The summed E-state index contributed by atoms with van der Waals surface area (Å²) < 4.78 is 5.53. The van der Waals surface area contributed by atoms with Gasteiger partial charge in [-0.05, 0) is 5.56 Å². The van der Waals surface area contributed by atoms with E-state index in [9.17, 15) is 0 Å². The summed E-state index contributed by atoms with van der Waals surface area (Å²) in [5.74, 6) is 2.50. The molecule has 20 heavy (non-hydrogen) atoms. The molecular weight excluding hydrogens is 270 g/mol. The molecule has 1 aromatic carbocycles. The third-order valence-corrected chi connectivity index (χ3v) is 4.85. The van der Waals surface area contributed by atoms with Gasteiger partial charge in [0.2, 0.25) is 11.8 Å². The van der Waals surface area contributed by atoms with Crippen LogP contribution in [-0.2, 0) is 6.54 Å². The third-order valence-electron chi connectivity index (χ3n) is 3.64. The molecule has 0 radical (unpaired) electrons. The van der Waals surface area contributed by atoms with E-state index >= 15 is 0 Å². The Morgan fingerprint density at radius 2 is 2.10 bits per heavy atom. The maximum Gasteiger partial charge on any atom is 0.230 e. The van der Waals surface area contributed by atoms with Gasteiger partial charge in [0, 0.05) is 30.5 Å². The molecule has 1 aromatic heterocycles. The monoisotopic (exact) mass is 289 g/mol. The van der Waals surface area contributed by atoms with Gasteiger partial charge in [0.25, 0.3) is 0 Å². The van der Waals surface area contributed by atoms with Gasteiger partial charge in [0.15, 0.2) is 0 Å². The Kier molecular flexibility index (Phi) is 4.08. The molecule has 3 rings (SSSR count). The molecule has 106 valence electrons. The number of rotatable bonds is 3. The molecule has 1 fully saturated rings. The Labute approximate surface area is 123 Å². The van der Waals surface area contributed by atoms with Crippen molar-refractivity contribution in [1.82, 2.24) is 15.1 Å². The van der Waals surface area contributed by atoms with Crippen molar-refractivity contribution in [3.05, 3.63) is 47.7 Å². The second-order valence-corrected chi connectivity index (χ2v) is 6.60. The highest BCUT2D eigenvalue weighted by Gasteiger charge is 2.31. The van der Waals surface area contributed by atoms with Crippen molar-refractivity contribution in [2.45, 2.75) is 31.7 Å². The van der Waals surface area contributed by atoms with E-state index in [1.54, 1.807) is 0 Å². The Hall–Kier alpha value is -1.33. The van der Waals surface area contributed by atoms with Crippen LogP contribution in [0.5, 0.6) is 0 Å². The number of benzene rings is 1. The fourth-order valence-electron chi connectivity index (χ4n) is 2.77. The van der Waals surface area contributed by atoms with E-state index in [2.05, 4.69) is 52.4 Å². The number of nitrogens with zero attached hydrogens (tertiary/aromatic N) is 3. The molecule has 4 nitrogen and oxygen atoms in total. The molecule has 0 amide bonds. The quantitative estimate of drug-likeness (QED) is 0.868. The Balaban J connectivity index is 1.83. The number of aryl methyl sites for hydroxylation is 1. The largest absolute Gasteiger partial charge is 0.424 e. The Morgan fingerprint density at radius 1 is 1.30 bits per heavy atom. The van der Waals surface area contributed by atoms with Gasteiger partial charge in [-0.15, -0.1) is 10.2 Å². The normalized spacial score (nSPS) is 23.9. The lowest BCUT2D eigenvalue weighted by atomic mass is 10.0. The van der Waals surface area contributed by atoms with Crippen molar-refractivity contribution in [2.24, 2.45) is 0 Å². The number of thioether (sulfide) groups is 1. The summed E-state index contributed by atoms with van der Waals surface area (Å²) in [6.07, 6.45) is 0. The van der Waals surface area contributed by atoms with Crippen LogP contribution in [0.3, 0.4) is 0 Å². The highest BCUT2D eigenvalue weighted by molar-refractivity contribution is 8.00. The van der Waals surface area contributed by atoms with Crippen molar-refractivity contribution in [3.8, 4) is 0 Å². The van der Waals surface area contributed by atoms with Gasteiger partial charge in [-0.25, -0.2) is 0 Å². The Bertz CT molecular complexity index is 557. The minimum Gasteiger partial charge on any atom is -0.424 e. The molecule has 0 aliphatic carbocycles. The van der Waals surface area contributed by atoms with Gasteiger partial charge in [0.1, 0.15) is 0 Å². The first-order chi connectivity index (χ1) is 9.74. The van der Waals surface area contributed by atoms with Gasteiger partial charge < -0.3 is 4.42 Å². The summed E-state index contributed by atoms with van der Waals surface area (Å²) in [7, 11) is 0. The highest BCUT2D eigenvalue weighted by Crippen LogP contribution is 2.36. The summed E-state index contributed by atoms with van der Waals surface area (Å²) in [6, 6.07) is 11.1. The highest BCUT2D eigenvalue weighted by atomic mass is 32.2. The fourth-order valence-corrected chi connectivity index (χ4v) is 3.99. The van der Waals surface area contributed by atoms with Crippen LogP contribution in [0.2, 0.25) is 0 Å². The van der Waals surface area contributed by atoms with Crippen LogP contribution in [0.4, 0.5) is 0 Å². The van der Waals surface area contributed by atoms with Gasteiger partial charge in [-0.2, -0.15) is 11.8 Å². The first-order valence-corrected chi connectivity index (χ1v) is 7.98. The van der Waals surface area contributed by atoms with Crippen LogP contribution in [0.25, 0.3) is 0 Å². The lowest BCUT2D eigenvalue weighted by Gasteiger charge is -2.39. The molecule has 2 atom stereocenters. The second kappa shape index (κ2) is 5.97. The van der Waals surface area contributed by atoms with Crippen molar-refractivity contribution < 1.29 is 4.42 Å². The van der Waals surface area contributed by atoms with Gasteiger partial charge in [-0.1, -0.05) is 37.3 Å². The zero-order chi connectivity index (χ0) is 13.9. The second-order valence-electron chi connectivity index (χ2n) is 5.12. The van der Waals surface area contributed by atoms with Gasteiger partial charge in [0.05, 0.1) is 6.54 Å². The predicted octanol–water partition coefficient (Wildman–Crippen LogP) is 3.06. The summed E-state index contributed by atoms with van der Waals surface area (Å²) in [5, 5.41) is 8.61. The van der Waals surface area contributed by atoms with Crippen molar-refractivity contribution >= 4 is 11.8 Å². The van der Waals surface area contributed by atoms with Crippen LogP contribution in [0.1, 0.15) is 30.3 Å². The molecule has 2 unspecified atom stereocenters. The molecule has 1 aliphatic heterocycles. The van der Waals surface area contributed by atoms with Gasteiger partial charge >= 0.3 is 0 Å². The summed E-state index contributed by atoms with van der Waals surface area (Å²) in [4.78, 5) is 2.45. The van der Waals surface area contributed by atoms with Crippen LogP contribution in [0.15, 0.2) is 34.7 Å². The minimum absolute atomic E-state index is 0.405. The van der Waals surface area contributed by atoms with E-state index in [1.165, 1.54) is 5.56 Å². The summed E-state index contributed by atoms with van der Waals surface area (Å²) >= 11 is 2.03. The predicted molar refractivity (Wildman–Crippen MR) is 80.5 cm³/mol. The SMILES string of the molecule is Cc1nnc(CN2CCSC(C)C2c2ccccc2)o1. The van der Waals surface area contributed by atoms with Crippen LogP contribution < -0.4 is 0 Å². The summed E-state index contributed by atoms with van der Waals surface area (Å²) in [5.41, 5.74) is 1.36. The smallest absolute Gasteiger partial charge is 0.230 e. The fraction of sp³-hybridized carbons (Fsp3) is 0.467. The molecule has 2 heterocycles. The lowest BCUT2D eigenvalue weighted by Crippen LogP contribution is -2.39. The van der Waals surface area contributed by atoms with E-state index in [-0.39, 0.29) is 0 Å². The molecule has 1 aliphatic rings. The molecule has 0 spiro atoms. The standard InChI is InChI=1S/C15H19N3OS/c1-11-15(13-6-4-3-5-7-13)18(8-9-20-11)10-14-17-16-12(2)19-14/h3-7,11,15H,8-10H2,1-2H3. The lowest BCUT2D eigenvalue weighted by molar-refractivity contribution is 0.173. The maximum atomic E-state index is 5.53. The number of hydrogen-bond donors (Lipinski definition) is 0. The molecule has 2 aromatic rings. The zero-order valence-corrected chi connectivity index (χ0v) is 12.6. The molecular formula is C15H19N3OS. The van der Waals surface area contributed by atoms with Crippen molar-refractivity contribution in [3.63, 3.8) is 0 Å². The maximum absolute atomic E-state index is 5.53. The average molecular weight is 289 g/mol. The van der Waals surface area contributed by atoms with Gasteiger partial charge in [-0.3, -0.25) is 4.90 Å². The Morgan fingerprint density at radius 3 is 2.80 bits per heavy atom. The number of aromatic nitrogens is 2. The van der Waals surface area contributed by atoms with Crippen molar-refractivity contribution in [1.29, 1.82) is 0 Å².